The van der Waals surface area contributed by atoms with E-state index in [-0.39, 0.29) is 24.1 Å². The first-order valence-electron chi connectivity index (χ1n) is 9.94. The molecular formula is C21H25N5O3. The number of nitrogens with zero attached hydrogens (tertiary/aromatic N) is 4. The fourth-order valence-corrected chi connectivity index (χ4v) is 3.91. The Balaban J connectivity index is 1.55. The maximum Gasteiger partial charge on any atom is 0.264 e. The average molecular weight is 395 g/mol. The van der Waals surface area contributed by atoms with Crippen LogP contribution in [0.25, 0.3) is 16.7 Å². The van der Waals surface area contributed by atoms with Gasteiger partial charge in [-0.25, -0.2) is 9.67 Å². The molecule has 2 aromatic heterocycles. The van der Waals surface area contributed by atoms with Gasteiger partial charge in [0, 0.05) is 6.04 Å². The van der Waals surface area contributed by atoms with E-state index in [2.05, 4.69) is 22.3 Å². The number of benzene rings is 1. The highest BCUT2D eigenvalue weighted by Crippen LogP contribution is 2.23. The molecule has 1 aliphatic rings. The molecule has 2 unspecified atom stereocenters. The molecule has 2 heterocycles. The number of methoxy groups -OCH3 is 1. The third-order valence-corrected chi connectivity index (χ3v) is 5.64. The van der Waals surface area contributed by atoms with E-state index in [1.165, 1.54) is 23.5 Å². The third-order valence-electron chi connectivity index (χ3n) is 5.64. The Morgan fingerprint density at radius 1 is 1.24 bits per heavy atom. The lowest BCUT2D eigenvalue weighted by molar-refractivity contribution is -0.123. The second-order valence-corrected chi connectivity index (χ2v) is 7.61. The van der Waals surface area contributed by atoms with Crippen molar-refractivity contribution in [1.82, 2.24) is 24.6 Å². The largest absolute Gasteiger partial charge is 0.497 e. The minimum atomic E-state index is -0.276. The van der Waals surface area contributed by atoms with Crippen LogP contribution in [0.2, 0.25) is 0 Å². The molecule has 1 amide bonds. The Hall–Kier alpha value is -3.16. The van der Waals surface area contributed by atoms with Gasteiger partial charge in [0.05, 0.1) is 19.0 Å². The summed E-state index contributed by atoms with van der Waals surface area (Å²) in [5, 5.41) is 7.76. The lowest BCUT2D eigenvalue weighted by atomic mass is 9.86. The molecule has 8 heteroatoms. The number of ether oxygens (including phenoxy) is 1. The number of hydrogen-bond acceptors (Lipinski definition) is 5. The summed E-state index contributed by atoms with van der Waals surface area (Å²) in [6, 6.07) is 7.51. The Labute approximate surface area is 168 Å². The van der Waals surface area contributed by atoms with Crippen LogP contribution in [0.4, 0.5) is 0 Å². The lowest BCUT2D eigenvalue weighted by Gasteiger charge is -2.29. The zero-order valence-corrected chi connectivity index (χ0v) is 16.7. The molecular weight excluding hydrogens is 370 g/mol. The summed E-state index contributed by atoms with van der Waals surface area (Å²) in [5.41, 5.74) is 0.953. The van der Waals surface area contributed by atoms with Crippen LogP contribution in [0, 0.1) is 5.92 Å². The number of aromatic nitrogens is 4. The summed E-state index contributed by atoms with van der Waals surface area (Å²) < 4.78 is 8.11. The van der Waals surface area contributed by atoms with Gasteiger partial charge >= 0.3 is 0 Å². The van der Waals surface area contributed by atoms with Crippen molar-refractivity contribution in [3.8, 4) is 11.4 Å². The molecule has 1 N–H and O–H groups in total. The van der Waals surface area contributed by atoms with Gasteiger partial charge in [0.15, 0.2) is 5.65 Å². The fraction of sp³-hybridized carbons (Fsp3) is 0.429. The molecule has 4 rings (SSSR count). The van der Waals surface area contributed by atoms with Crippen LogP contribution < -0.4 is 15.6 Å². The van der Waals surface area contributed by atoms with Crippen molar-refractivity contribution < 1.29 is 9.53 Å². The zero-order chi connectivity index (χ0) is 20.4. The number of fused-ring (bicyclic) bond motifs is 1. The molecule has 0 bridgehead atoms. The van der Waals surface area contributed by atoms with Crippen molar-refractivity contribution in [2.45, 2.75) is 45.2 Å². The number of rotatable bonds is 5. The molecule has 1 aromatic carbocycles. The zero-order valence-electron chi connectivity index (χ0n) is 16.7. The highest BCUT2D eigenvalue weighted by atomic mass is 16.5. The van der Waals surface area contributed by atoms with Crippen LogP contribution in [-0.4, -0.2) is 38.4 Å². The normalized spacial score (nSPS) is 19.2. The molecule has 152 valence electrons. The molecule has 0 spiro atoms. The first kappa shape index (κ1) is 19.2. The van der Waals surface area contributed by atoms with Gasteiger partial charge in [0.25, 0.3) is 5.56 Å². The second kappa shape index (κ2) is 8.06. The Bertz CT molecular complexity index is 1070. The van der Waals surface area contributed by atoms with Crippen LogP contribution in [0.3, 0.4) is 0 Å². The maximum absolute atomic E-state index is 12.8. The van der Waals surface area contributed by atoms with Gasteiger partial charge in [-0.1, -0.05) is 19.8 Å². The van der Waals surface area contributed by atoms with Gasteiger partial charge in [0.1, 0.15) is 24.0 Å². The number of carbonyl (C=O) groups is 1. The van der Waals surface area contributed by atoms with E-state index in [0.717, 1.165) is 30.7 Å². The summed E-state index contributed by atoms with van der Waals surface area (Å²) in [6.45, 7) is 2.12. The van der Waals surface area contributed by atoms with Gasteiger partial charge < -0.3 is 10.1 Å². The SMILES string of the molecule is COc1ccc(-n2ncc3c(=O)n(CC(=O)NC4CCCCC4C)cnc32)cc1. The van der Waals surface area contributed by atoms with Gasteiger partial charge in [-0.15, -0.1) is 0 Å². The van der Waals surface area contributed by atoms with Gasteiger partial charge in [-0.05, 0) is 43.0 Å². The van der Waals surface area contributed by atoms with Crippen LogP contribution in [0.5, 0.6) is 5.75 Å². The van der Waals surface area contributed by atoms with E-state index in [1.807, 2.05) is 24.3 Å². The van der Waals surface area contributed by atoms with E-state index >= 15 is 0 Å². The first-order valence-corrected chi connectivity index (χ1v) is 9.94. The maximum atomic E-state index is 12.8. The van der Waals surface area contributed by atoms with Gasteiger partial charge in [0.2, 0.25) is 5.91 Å². The molecule has 1 fully saturated rings. The van der Waals surface area contributed by atoms with E-state index in [0.29, 0.717) is 17.0 Å². The molecule has 1 saturated carbocycles. The minimum absolute atomic E-state index is 0.0429. The third kappa shape index (κ3) is 3.87. The Morgan fingerprint density at radius 2 is 2.00 bits per heavy atom. The molecule has 8 nitrogen and oxygen atoms in total. The number of carbonyl (C=O) groups excluding carboxylic acids is 1. The summed E-state index contributed by atoms with van der Waals surface area (Å²) in [5.74, 6) is 1.04. The molecule has 29 heavy (non-hydrogen) atoms. The first-order chi connectivity index (χ1) is 14.1. The Morgan fingerprint density at radius 3 is 2.72 bits per heavy atom. The van der Waals surface area contributed by atoms with Crippen molar-refractivity contribution in [2.24, 2.45) is 5.92 Å². The smallest absolute Gasteiger partial charge is 0.264 e. The number of nitrogens with one attached hydrogen (secondary N) is 1. The number of amides is 1. The Kier molecular flexibility index (Phi) is 5.33. The second-order valence-electron chi connectivity index (χ2n) is 7.61. The van der Waals surface area contributed by atoms with Crippen molar-refractivity contribution in [1.29, 1.82) is 0 Å². The van der Waals surface area contributed by atoms with Gasteiger partial charge in [-0.3, -0.25) is 14.2 Å². The lowest BCUT2D eigenvalue weighted by Crippen LogP contribution is -2.43. The highest BCUT2D eigenvalue weighted by Gasteiger charge is 2.23. The van der Waals surface area contributed by atoms with E-state index in [1.54, 1.807) is 11.8 Å². The topological polar surface area (TPSA) is 91.0 Å². The molecule has 3 aromatic rings. The van der Waals surface area contributed by atoms with Crippen molar-refractivity contribution in [3.05, 3.63) is 47.1 Å². The predicted octanol–water partition coefficient (Wildman–Crippen LogP) is 2.29. The van der Waals surface area contributed by atoms with Crippen molar-refractivity contribution >= 4 is 16.9 Å². The molecule has 2 atom stereocenters. The average Bonchev–Trinajstić information content (AvgIpc) is 3.17. The minimum Gasteiger partial charge on any atom is -0.497 e. The van der Waals surface area contributed by atoms with Crippen LogP contribution in [-0.2, 0) is 11.3 Å². The molecule has 0 aliphatic heterocycles. The highest BCUT2D eigenvalue weighted by molar-refractivity contribution is 5.78. The monoisotopic (exact) mass is 395 g/mol. The quantitative estimate of drug-likeness (QED) is 0.716. The van der Waals surface area contributed by atoms with Gasteiger partial charge in [-0.2, -0.15) is 5.10 Å². The summed E-state index contributed by atoms with van der Waals surface area (Å²) in [7, 11) is 1.60. The summed E-state index contributed by atoms with van der Waals surface area (Å²) >= 11 is 0. The van der Waals surface area contributed by atoms with Crippen LogP contribution >= 0.6 is 0 Å². The summed E-state index contributed by atoms with van der Waals surface area (Å²) in [6.07, 6.45) is 7.37. The van der Waals surface area contributed by atoms with Crippen molar-refractivity contribution in [3.63, 3.8) is 0 Å². The summed E-state index contributed by atoms with van der Waals surface area (Å²) in [4.78, 5) is 29.7. The standard InChI is InChI=1S/C21H25N5O3/c1-14-5-3-4-6-18(14)24-19(27)12-25-13-22-20-17(21(25)28)11-23-26(20)15-7-9-16(29-2)10-8-15/h7-11,13-14,18H,3-6,12H2,1-2H3,(H,24,27). The number of hydrogen-bond donors (Lipinski definition) is 1. The predicted molar refractivity (Wildman–Crippen MR) is 109 cm³/mol. The van der Waals surface area contributed by atoms with E-state index < -0.39 is 0 Å². The van der Waals surface area contributed by atoms with Crippen LogP contribution in [0.15, 0.2) is 41.6 Å². The van der Waals surface area contributed by atoms with E-state index in [9.17, 15) is 9.59 Å². The molecule has 0 radical (unpaired) electrons. The van der Waals surface area contributed by atoms with Crippen molar-refractivity contribution in [2.75, 3.05) is 7.11 Å². The van der Waals surface area contributed by atoms with Crippen LogP contribution in [0.1, 0.15) is 32.6 Å². The van der Waals surface area contributed by atoms with E-state index in [4.69, 9.17) is 4.74 Å². The molecule has 0 saturated heterocycles. The molecule has 1 aliphatic carbocycles. The fourth-order valence-electron chi connectivity index (χ4n) is 3.91.